The second kappa shape index (κ2) is 2.17. The summed E-state index contributed by atoms with van der Waals surface area (Å²) >= 11 is 0. The van der Waals surface area contributed by atoms with Crippen molar-refractivity contribution in [2.24, 2.45) is 16.7 Å². The van der Waals surface area contributed by atoms with Gasteiger partial charge in [-0.05, 0) is 30.6 Å². The maximum atomic E-state index is 11.2. The lowest BCUT2D eigenvalue weighted by molar-refractivity contribution is -0.323. The van der Waals surface area contributed by atoms with E-state index in [2.05, 4.69) is 6.58 Å². The van der Waals surface area contributed by atoms with Crippen LogP contribution in [0.3, 0.4) is 0 Å². The maximum absolute atomic E-state index is 11.2. The van der Waals surface area contributed by atoms with Gasteiger partial charge in [0.15, 0.2) is 0 Å². The van der Waals surface area contributed by atoms with Crippen molar-refractivity contribution in [3.8, 4) is 0 Å². The smallest absolute Gasteiger partial charge is 0.0485 e. The summed E-state index contributed by atoms with van der Waals surface area (Å²) in [5.41, 5.74) is 0.228. The molecular weight excluding hydrogens is 164 g/mol. The number of fused-ring (bicyclic) bond motifs is 2. The van der Waals surface area contributed by atoms with Crippen LogP contribution in [0.5, 0.6) is 0 Å². The SMILES string of the molecule is C=C1[C@@H]2CC[C@@](C(=O)[O-])(C2)C1(C)C. The van der Waals surface area contributed by atoms with Crippen LogP contribution in [0, 0.1) is 16.7 Å². The van der Waals surface area contributed by atoms with Gasteiger partial charge in [-0.2, -0.15) is 0 Å². The molecule has 2 bridgehead atoms. The number of aliphatic carboxylic acids is 1. The van der Waals surface area contributed by atoms with Gasteiger partial charge in [0.2, 0.25) is 0 Å². The molecule has 0 aromatic carbocycles. The molecule has 2 rings (SSSR count). The van der Waals surface area contributed by atoms with Gasteiger partial charge in [-0.1, -0.05) is 26.0 Å². The van der Waals surface area contributed by atoms with Crippen LogP contribution < -0.4 is 5.11 Å². The van der Waals surface area contributed by atoms with Crippen molar-refractivity contribution < 1.29 is 9.90 Å². The minimum atomic E-state index is -0.876. The highest BCUT2D eigenvalue weighted by molar-refractivity contribution is 5.76. The molecule has 0 N–H and O–H groups in total. The van der Waals surface area contributed by atoms with Crippen LogP contribution in [0.4, 0.5) is 0 Å². The van der Waals surface area contributed by atoms with E-state index in [4.69, 9.17) is 0 Å². The first-order valence-corrected chi connectivity index (χ1v) is 4.82. The number of allylic oxidation sites excluding steroid dienone is 1. The Morgan fingerprint density at radius 2 is 2.23 bits per heavy atom. The molecule has 0 amide bonds. The fraction of sp³-hybridized carbons (Fsp3) is 0.727. The van der Waals surface area contributed by atoms with Crippen molar-refractivity contribution in [2.75, 3.05) is 0 Å². The molecule has 0 unspecified atom stereocenters. The monoisotopic (exact) mass is 179 g/mol. The molecule has 0 aliphatic heterocycles. The molecule has 0 aromatic rings. The van der Waals surface area contributed by atoms with E-state index in [-0.39, 0.29) is 5.41 Å². The highest BCUT2D eigenvalue weighted by Crippen LogP contribution is 2.66. The Labute approximate surface area is 78.6 Å². The molecule has 2 atom stereocenters. The highest BCUT2D eigenvalue weighted by Gasteiger charge is 2.59. The molecule has 2 saturated carbocycles. The molecule has 13 heavy (non-hydrogen) atoms. The first-order valence-electron chi connectivity index (χ1n) is 4.82. The largest absolute Gasteiger partial charge is 0.550 e. The van der Waals surface area contributed by atoms with E-state index in [0.29, 0.717) is 5.92 Å². The van der Waals surface area contributed by atoms with E-state index in [1.54, 1.807) is 0 Å². The Morgan fingerprint density at radius 3 is 2.54 bits per heavy atom. The minimum Gasteiger partial charge on any atom is -0.550 e. The molecule has 2 nitrogen and oxygen atoms in total. The highest BCUT2D eigenvalue weighted by atomic mass is 16.4. The van der Waals surface area contributed by atoms with Crippen molar-refractivity contribution >= 4 is 5.97 Å². The number of carboxylic acids is 1. The molecule has 0 spiro atoms. The number of rotatable bonds is 1. The third-order valence-electron chi connectivity index (χ3n) is 4.40. The van der Waals surface area contributed by atoms with Crippen LogP contribution in [0.1, 0.15) is 33.1 Å². The van der Waals surface area contributed by atoms with Gasteiger partial charge in [-0.25, -0.2) is 0 Å². The lowest BCUT2D eigenvalue weighted by atomic mass is 9.63. The van der Waals surface area contributed by atoms with Crippen molar-refractivity contribution in [3.05, 3.63) is 12.2 Å². The molecule has 2 aliphatic carbocycles. The second-order valence-electron chi connectivity index (χ2n) is 4.96. The van der Waals surface area contributed by atoms with Crippen molar-refractivity contribution in [3.63, 3.8) is 0 Å². The molecule has 72 valence electrons. The Balaban J connectivity index is 2.50. The fourth-order valence-electron chi connectivity index (χ4n) is 3.17. The summed E-state index contributed by atoms with van der Waals surface area (Å²) in [6.45, 7) is 8.01. The second-order valence-corrected chi connectivity index (χ2v) is 4.96. The van der Waals surface area contributed by atoms with Gasteiger partial charge in [0.05, 0.1) is 0 Å². The summed E-state index contributed by atoms with van der Waals surface area (Å²) in [6.07, 6.45) is 2.50. The molecular formula is C11H15O2-. The van der Waals surface area contributed by atoms with Gasteiger partial charge < -0.3 is 9.90 Å². The van der Waals surface area contributed by atoms with E-state index < -0.39 is 11.4 Å². The van der Waals surface area contributed by atoms with Crippen LogP contribution >= 0.6 is 0 Å². The summed E-state index contributed by atoms with van der Waals surface area (Å²) in [5.74, 6) is -0.452. The summed E-state index contributed by atoms with van der Waals surface area (Å²) < 4.78 is 0. The lowest BCUT2D eigenvalue weighted by Gasteiger charge is -2.43. The Morgan fingerprint density at radius 1 is 1.62 bits per heavy atom. The van der Waals surface area contributed by atoms with Gasteiger partial charge in [-0.15, -0.1) is 0 Å². The zero-order valence-electron chi connectivity index (χ0n) is 8.22. The average molecular weight is 179 g/mol. The van der Waals surface area contributed by atoms with E-state index in [1.807, 2.05) is 13.8 Å². The van der Waals surface area contributed by atoms with Gasteiger partial charge in [-0.3, -0.25) is 0 Å². The zero-order valence-corrected chi connectivity index (χ0v) is 8.22. The standard InChI is InChI=1S/C11H16O2/c1-7-8-4-5-11(6-8,9(12)13)10(7,2)3/h8H,1,4-6H2,2-3H3,(H,12,13)/p-1/t8-,11+/m1/s1. The molecule has 2 heteroatoms. The predicted molar refractivity (Wildman–Crippen MR) is 47.7 cm³/mol. The number of hydrogen-bond acceptors (Lipinski definition) is 2. The third-order valence-corrected chi connectivity index (χ3v) is 4.40. The summed E-state index contributed by atoms with van der Waals surface area (Å²) in [4.78, 5) is 11.2. The summed E-state index contributed by atoms with van der Waals surface area (Å²) in [7, 11) is 0. The molecule has 0 aromatic heterocycles. The van der Waals surface area contributed by atoms with Crippen LogP contribution in [-0.4, -0.2) is 5.97 Å². The minimum absolute atomic E-state index is 0.269. The first kappa shape index (κ1) is 8.79. The quantitative estimate of drug-likeness (QED) is 0.566. The van der Waals surface area contributed by atoms with E-state index >= 15 is 0 Å². The Bertz CT molecular complexity index is 290. The predicted octanol–water partition coefficient (Wildman–Crippen LogP) is 1.12. The molecule has 2 fully saturated rings. The maximum Gasteiger partial charge on any atom is 0.0485 e. The van der Waals surface area contributed by atoms with Gasteiger partial charge in [0.1, 0.15) is 0 Å². The fourth-order valence-corrected chi connectivity index (χ4v) is 3.17. The third kappa shape index (κ3) is 0.767. The van der Waals surface area contributed by atoms with E-state index in [1.165, 1.54) is 0 Å². The Hall–Kier alpha value is -0.790. The summed E-state index contributed by atoms with van der Waals surface area (Å²) in [6, 6.07) is 0. The molecule has 0 saturated heterocycles. The summed E-state index contributed by atoms with van der Waals surface area (Å²) in [5, 5.41) is 11.2. The lowest BCUT2D eigenvalue weighted by Crippen LogP contribution is -2.48. The van der Waals surface area contributed by atoms with Crippen LogP contribution in [0.15, 0.2) is 12.2 Å². The van der Waals surface area contributed by atoms with Gasteiger partial charge >= 0.3 is 0 Å². The number of carbonyl (C=O) groups excluding carboxylic acids is 1. The molecule has 0 radical (unpaired) electrons. The van der Waals surface area contributed by atoms with Crippen molar-refractivity contribution in [1.82, 2.24) is 0 Å². The van der Waals surface area contributed by atoms with Crippen LogP contribution in [0.25, 0.3) is 0 Å². The Kier molecular flexibility index (Phi) is 1.47. The van der Waals surface area contributed by atoms with Gasteiger partial charge in [0.25, 0.3) is 0 Å². The molecule has 2 aliphatic rings. The average Bonchev–Trinajstić information content (AvgIpc) is 2.53. The molecule has 0 heterocycles. The first-order chi connectivity index (χ1) is 5.92. The van der Waals surface area contributed by atoms with Crippen LogP contribution in [-0.2, 0) is 4.79 Å². The normalized spacial score (nSPS) is 41.1. The zero-order chi connectivity index (χ0) is 9.85. The van der Waals surface area contributed by atoms with E-state index in [9.17, 15) is 9.90 Å². The topological polar surface area (TPSA) is 40.1 Å². The van der Waals surface area contributed by atoms with Crippen LogP contribution in [0.2, 0.25) is 0 Å². The van der Waals surface area contributed by atoms with Crippen molar-refractivity contribution in [1.29, 1.82) is 0 Å². The number of carbonyl (C=O) groups is 1. The van der Waals surface area contributed by atoms with E-state index in [0.717, 1.165) is 24.8 Å². The number of hydrogen-bond donors (Lipinski definition) is 0. The van der Waals surface area contributed by atoms with Gasteiger partial charge in [0, 0.05) is 11.4 Å². The number of carboxylic acid groups (broad SMARTS) is 1. The van der Waals surface area contributed by atoms with Crippen molar-refractivity contribution in [2.45, 2.75) is 33.1 Å².